The second-order valence-electron chi connectivity index (χ2n) is 4.14. The Kier molecular flexibility index (Phi) is 4.31. The number of hydrogen-bond acceptors (Lipinski definition) is 3. The monoisotopic (exact) mass is 252 g/mol. The van der Waals surface area contributed by atoms with Gasteiger partial charge >= 0.3 is 5.97 Å². The molecule has 4 heteroatoms. The van der Waals surface area contributed by atoms with E-state index in [2.05, 4.69) is 0 Å². The van der Waals surface area contributed by atoms with E-state index < -0.39 is 5.97 Å². The lowest BCUT2D eigenvalue weighted by atomic mass is 10.1. The summed E-state index contributed by atoms with van der Waals surface area (Å²) < 4.78 is 5.85. The average Bonchev–Trinajstić information content (AvgIpc) is 2.32. The number of thioether (sulfide) groups is 1. The predicted octanol–water partition coefficient (Wildman–Crippen LogP) is 2.59. The molecule has 1 aromatic rings. The van der Waals surface area contributed by atoms with Crippen LogP contribution in [0.4, 0.5) is 0 Å². The molecule has 0 spiro atoms. The van der Waals surface area contributed by atoms with E-state index in [4.69, 9.17) is 9.84 Å². The van der Waals surface area contributed by atoms with Crippen molar-refractivity contribution in [2.75, 3.05) is 11.5 Å². The van der Waals surface area contributed by atoms with Crippen molar-refractivity contribution in [3.8, 4) is 5.75 Å². The SMILES string of the molecule is O=C(O)Cc1ccc(OC2CCSCC2)cc1. The summed E-state index contributed by atoms with van der Waals surface area (Å²) in [5.74, 6) is 2.38. The van der Waals surface area contributed by atoms with Gasteiger partial charge in [-0.15, -0.1) is 0 Å². The Hall–Kier alpha value is -1.16. The summed E-state index contributed by atoms with van der Waals surface area (Å²) in [4.78, 5) is 10.5. The summed E-state index contributed by atoms with van der Waals surface area (Å²) in [5, 5.41) is 8.66. The molecule has 1 heterocycles. The maximum atomic E-state index is 10.5. The average molecular weight is 252 g/mol. The molecule has 1 aromatic carbocycles. The highest BCUT2D eigenvalue weighted by Crippen LogP contribution is 2.22. The van der Waals surface area contributed by atoms with Crippen molar-refractivity contribution in [2.45, 2.75) is 25.4 Å². The maximum Gasteiger partial charge on any atom is 0.307 e. The third-order valence-corrected chi connectivity index (χ3v) is 3.80. The normalized spacial score (nSPS) is 16.7. The van der Waals surface area contributed by atoms with Gasteiger partial charge in [-0.3, -0.25) is 4.79 Å². The van der Waals surface area contributed by atoms with Gasteiger partial charge < -0.3 is 9.84 Å². The van der Waals surface area contributed by atoms with E-state index in [-0.39, 0.29) is 6.42 Å². The highest BCUT2D eigenvalue weighted by Gasteiger charge is 2.14. The molecule has 1 fully saturated rings. The lowest BCUT2D eigenvalue weighted by Crippen LogP contribution is -2.22. The predicted molar refractivity (Wildman–Crippen MR) is 68.8 cm³/mol. The van der Waals surface area contributed by atoms with Crippen molar-refractivity contribution >= 4 is 17.7 Å². The first kappa shape index (κ1) is 12.3. The van der Waals surface area contributed by atoms with Gasteiger partial charge in [0.05, 0.1) is 6.42 Å². The van der Waals surface area contributed by atoms with Crippen LogP contribution in [0.2, 0.25) is 0 Å². The molecule has 0 saturated carbocycles. The summed E-state index contributed by atoms with van der Waals surface area (Å²) in [5.41, 5.74) is 0.809. The minimum atomic E-state index is -0.803. The van der Waals surface area contributed by atoms with E-state index in [0.29, 0.717) is 6.10 Å². The molecule has 0 radical (unpaired) electrons. The molecule has 0 unspecified atom stereocenters. The molecule has 0 aliphatic carbocycles. The zero-order chi connectivity index (χ0) is 12.1. The Labute approximate surface area is 105 Å². The fourth-order valence-electron chi connectivity index (χ4n) is 1.85. The number of carboxylic acids is 1. The van der Waals surface area contributed by atoms with Gasteiger partial charge in [-0.25, -0.2) is 0 Å². The Bertz CT molecular complexity index is 369. The second kappa shape index (κ2) is 5.96. The molecule has 92 valence electrons. The van der Waals surface area contributed by atoms with Crippen molar-refractivity contribution in [3.05, 3.63) is 29.8 Å². The number of benzene rings is 1. The number of carboxylic acid groups (broad SMARTS) is 1. The van der Waals surface area contributed by atoms with Crippen LogP contribution in [0.25, 0.3) is 0 Å². The number of hydrogen-bond donors (Lipinski definition) is 1. The number of rotatable bonds is 4. The summed E-state index contributed by atoms with van der Waals surface area (Å²) in [7, 11) is 0. The lowest BCUT2D eigenvalue weighted by molar-refractivity contribution is -0.136. The Morgan fingerprint density at radius 3 is 2.53 bits per heavy atom. The molecule has 17 heavy (non-hydrogen) atoms. The van der Waals surface area contributed by atoms with E-state index >= 15 is 0 Å². The van der Waals surface area contributed by atoms with E-state index in [1.807, 2.05) is 36.0 Å². The summed E-state index contributed by atoms with van der Waals surface area (Å²) in [6.07, 6.45) is 2.59. The number of carbonyl (C=O) groups is 1. The maximum absolute atomic E-state index is 10.5. The second-order valence-corrected chi connectivity index (χ2v) is 5.37. The van der Waals surface area contributed by atoms with Crippen LogP contribution < -0.4 is 4.74 Å². The summed E-state index contributed by atoms with van der Waals surface area (Å²) >= 11 is 1.97. The molecule has 1 aliphatic rings. The van der Waals surface area contributed by atoms with Crippen LogP contribution in [0.15, 0.2) is 24.3 Å². The Morgan fingerprint density at radius 2 is 1.94 bits per heavy atom. The van der Waals surface area contributed by atoms with Crippen molar-refractivity contribution in [2.24, 2.45) is 0 Å². The molecule has 0 bridgehead atoms. The zero-order valence-corrected chi connectivity index (χ0v) is 10.4. The standard InChI is InChI=1S/C13H16O3S/c14-13(15)9-10-1-3-11(4-2-10)16-12-5-7-17-8-6-12/h1-4,12H,5-9H2,(H,14,15). The van der Waals surface area contributed by atoms with Gasteiger partial charge in [-0.05, 0) is 42.0 Å². The van der Waals surface area contributed by atoms with Crippen LogP contribution >= 0.6 is 11.8 Å². The van der Waals surface area contributed by atoms with Crippen molar-refractivity contribution in [1.29, 1.82) is 0 Å². The first-order valence-electron chi connectivity index (χ1n) is 5.79. The van der Waals surface area contributed by atoms with Crippen LogP contribution in [0.3, 0.4) is 0 Å². The van der Waals surface area contributed by atoms with Crippen LogP contribution in [0.1, 0.15) is 18.4 Å². The largest absolute Gasteiger partial charge is 0.490 e. The molecule has 0 atom stereocenters. The van der Waals surface area contributed by atoms with Gasteiger partial charge in [0.2, 0.25) is 0 Å². The van der Waals surface area contributed by atoms with E-state index in [0.717, 1.165) is 24.2 Å². The van der Waals surface area contributed by atoms with Gasteiger partial charge in [-0.1, -0.05) is 12.1 Å². The van der Waals surface area contributed by atoms with Crippen molar-refractivity contribution in [1.82, 2.24) is 0 Å². The van der Waals surface area contributed by atoms with Crippen LogP contribution in [-0.2, 0) is 11.2 Å². The minimum absolute atomic E-state index is 0.0698. The van der Waals surface area contributed by atoms with E-state index in [1.165, 1.54) is 11.5 Å². The molecule has 1 N–H and O–H groups in total. The Morgan fingerprint density at radius 1 is 1.29 bits per heavy atom. The third-order valence-electron chi connectivity index (χ3n) is 2.75. The van der Waals surface area contributed by atoms with E-state index in [1.54, 1.807) is 0 Å². The quantitative estimate of drug-likeness (QED) is 0.894. The molecular formula is C13H16O3S. The fraction of sp³-hybridized carbons (Fsp3) is 0.462. The topological polar surface area (TPSA) is 46.5 Å². The lowest BCUT2D eigenvalue weighted by Gasteiger charge is -2.22. The first-order valence-corrected chi connectivity index (χ1v) is 6.94. The van der Waals surface area contributed by atoms with Gasteiger partial charge in [0.25, 0.3) is 0 Å². The molecule has 1 saturated heterocycles. The summed E-state index contributed by atoms with van der Waals surface area (Å²) in [6, 6.07) is 7.36. The zero-order valence-electron chi connectivity index (χ0n) is 9.59. The van der Waals surface area contributed by atoms with Gasteiger partial charge in [-0.2, -0.15) is 11.8 Å². The van der Waals surface area contributed by atoms with Gasteiger partial charge in [0.15, 0.2) is 0 Å². The van der Waals surface area contributed by atoms with Crippen LogP contribution in [0, 0.1) is 0 Å². The van der Waals surface area contributed by atoms with E-state index in [9.17, 15) is 4.79 Å². The third kappa shape index (κ3) is 3.97. The van der Waals surface area contributed by atoms with Crippen molar-refractivity contribution in [3.63, 3.8) is 0 Å². The molecule has 2 rings (SSSR count). The minimum Gasteiger partial charge on any atom is -0.490 e. The molecule has 1 aliphatic heterocycles. The van der Waals surface area contributed by atoms with Gasteiger partial charge in [0, 0.05) is 0 Å². The van der Waals surface area contributed by atoms with Crippen LogP contribution in [0.5, 0.6) is 5.75 Å². The van der Waals surface area contributed by atoms with Crippen molar-refractivity contribution < 1.29 is 14.6 Å². The highest BCUT2D eigenvalue weighted by molar-refractivity contribution is 7.99. The molecular weight excluding hydrogens is 236 g/mol. The van der Waals surface area contributed by atoms with Gasteiger partial charge in [0.1, 0.15) is 11.9 Å². The molecule has 0 aromatic heterocycles. The Balaban J connectivity index is 1.90. The highest BCUT2D eigenvalue weighted by atomic mass is 32.2. The smallest absolute Gasteiger partial charge is 0.307 e. The molecule has 3 nitrogen and oxygen atoms in total. The van der Waals surface area contributed by atoms with Crippen LogP contribution in [-0.4, -0.2) is 28.7 Å². The molecule has 0 amide bonds. The number of ether oxygens (including phenoxy) is 1. The first-order chi connectivity index (χ1) is 8.24. The number of aliphatic carboxylic acids is 1. The summed E-state index contributed by atoms with van der Waals surface area (Å²) in [6.45, 7) is 0. The fourth-order valence-corrected chi connectivity index (χ4v) is 2.91.